The zero-order valence-corrected chi connectivity index (χ0v) is 18.3. The number of para-hydroxylation sites is 1. The maximum absolute atomic E-state index is 13.5. The molecule has 1 aliphatic heterocycles. The van der Waals surface area contributed by atoms with Gasteiger partial charge in [-0.05, 0) is 60.5 Å². The number of imide groups is 1. The fourth-order valence-electron chi connectivity index (χ4n) is 3.51. The number of anilines is 3. The SMILES string of the molecule is Cc1ccccc1NC1=C(c2ccc(Cl)cc2)C(=O)N(c2ccc(N(C)C)cc2)C1=O. The Kier molecular flexibility index (Phi) is 5.53. The summed E-state index contributed by atoms with van der Waals surface area (Å²) in [5.41, 5.74) is 4.45. The summed E-state index contributed by atoms with van der Waals surface area (Å²) in [6.45, 7) is 1.95. The Morgan fingerprint density at radius 2 is 1.48 bits per heavy atom. The number of rotatable bonds is 5. The predicted molar refractivity (Wildman–Crippen MR) is 126 cm³/mol. The molecule has 0 aliphatic carbocycles. The van der Waals surface area contributed by atoms with Crippen molar-refractivity contribution in [3.63, 3.8) is 0 Å². The lowest BCUT2D eigenvalue weighted by Crippen LogP contribution is -2.32. The van der Waals surface area contributed by atoms with Crippen molar-refractivity contribution in [2.75, 3.05) is 29.2 Å². The summed E-state index contributed by atoms with van der Waals surface area (Å²) in [4.78, 5) is 30.1. The minimum Gasteiger partial charge on any atom is -0.378 e. The normalized spacial score (nSPS) is 13.7. The van der Waals surface area contributed by atoms with Gasteiger partial charge in [-0.3, -0.25) is 9.59 Å². The van der Waals surface area contributed by atoms with Crippen LogP contribution in [0.2, 0.25) is 5.02 Å². The number of nitrogens with zero attached hydrogens (tertiary/aromatic N) is 2. The Bertz CT molecular complexity index is 1180. The van der Waals surface area contributed by atoms with Crippen LogP contribution in [-0.2, 0) is 9.59 Å². The van der Waals surface area contributed by atoms with Crippen LogP contribution in [0.4, 0.5) is 17.1 Å². The van der Waals surface area contributed by atoms with Crippen LogP contribution in [0.5, 0.6) is 0 Å². The van der Waals surface area contributed by atoms with Gasteiger partial charge >= 0.3 is 0 Å². The quantitative estimate of drug-likeness (QED) is 0.570. The highest BCUT2D eigenvalue weighted by Gasteiger charge is 2.40. The molecule has 6 heteroatoms. The number of halogens is 1. The van der Waals surface area contributed by atoms with E-state index in [-0.39, 0.29) is 11.6 Å². The van der Waals surface area contributed by atoms with Gasteiger partial charge in [0.05, 0.1) is 11.3 Å². The Balaban J connectivity index is 1.80. The molecule has 0 radical (unpaired) electrons. The fourth-order valence-corrected chi connectivity index (χ4v) is 3.64. The third-order valence-electron chi connectivity index (χ3n) is 5.25. The second-order valence-corrected chi connectivity index (χ2v) is 7.99. The first-order valence-corrected chi connectivity index (χ1v) is 10.2. The van der Waals surface area contributed by atoms with Gasteiger partial charge in [0.2, 0.25) is 0 Å². The zero-order chi connectivity index (χ0) is 22.1. The van der Waals surface area contributed by atoms with Crippen LogP contribution >= 0.6 is 11.6 Å². The van der Waals surface area contributed by atoms with Gasteiger partial charge in [0, 0.05) is 30.5 Å². The summed E-state index contributed by atoms with van der Waals surface area (Å²) in [5, 5.41) is 3.77. The Hall–Kier alpha value is -3.57. The minimum atomic E-state index is -0.393. The lowest BCUT2D eigenvalue weighted by Gasteiger charge is -2.18. The first-order valence-electron chi connectivity index (χ1n) is 9.86. The molecule has 156 valence electrons. The van der Waals surface area contributed by atoms with Crippen molar-refractivity contribution < 1.29 is 9.59 Å². The summed E-state index contributed by atoms with van der Waals surface area (Å²) in [7, 11) is 3.87. The van der Waals surface area contributed by atoms with Crippen molar-refractivity contribution >= 4 is 46.1 Å². The van der Waals surface area contributed by atoms with E-state index in [0.717, 1.165) is 16.9 Å². The van der Waals surface area contributed by atoms with Crippen LogP contribution in [-0.4, -0.2) is 25.9 Å². The molecule has 31 heavy (non-hydrogen) atoms. The van der Waals surface area contributed by atoms with Gasteiger partial charge < -0.3 is 10.2 Å². The lowest BCUT2D eigenvalue weighted by atomic mass is 10.0. The van der Waals surface area contributed by atoms with E-state index in [1.807, 2.05) is 62.3 Å². The smallest absolute Gasteiger partial charge is 0.282 e. The summed E-state index contributed by atoms with van der Waals surface area (Å²) in [6, 6.07) is 21.9. The van der Waals surface area contributed by atoms with E-state index in [1.165, 1.54) is 4.90 Å². The van der Waals surface area contributed by atoms with Gasteiger partial charge in [-0.2, -0.15) is 0 Å². The van der Waals surface area contributed by atoms with Gasteiger partial charge in [-0.1, -0.05) is 41.9 Å². The molecule has 4 rings (SSSR count). The first kappa shape index (κ1) is 20.7. The Morgan fingerprint density at radius 3 is 2.10 bits per heavy atom. The lowest BCUT2D eigenvalue weighted by molar-refractivity contribution is -0.120. The highest BCUT2D eigenvalue weighted by Crippen LogP contribution is 2.35. The largest absolute Gasteiger partial charge is 0.378 e. The van der Waals surface area contributed by atoms with Gasteiger partial charge in [0.25, 0.3) is 11.8 Å². The summed E-state index contributed by atoms with van der Waals surface area (Å²) < 4.78 is 0. The van der Waals surface area contributed by atoms with E-state index in [0.29, 0.717) is 21.8 Å². The highest BCUT2D eigenvalue weighted by atomic mass is 35.5. The second kappa shape index (κ2) is 8.28. The number of benzene rings is 3. The molecule has 0 saturated heterocycles. The van der Waals surface area contributed by atoms with E-state index in [4.69, 9.17) is 11.6 Å². The molecule has 1 heterocycles. The molecule has 0 atom stereocenters. The van der Waals surface area contributed by atoms with Crippen LogP contribution < -0.4 is 15.1 Å². The van der Waals surface area contributed by atoms with Crippen LogP contribution in [0.1, 0.15) is 11.1 Å². The van der Waals surface area contributed by atoms with E-state index >= 15 is 0 Å². The third-order valence-corrected chi connectivity index (χ3v) is 5.50. The fraction of sp³-hybridized carbons (Fsp3) is 0.120. The molecule has 0 aromatic heterocycles. The average Bonchev–Trinajstić information content (AvgIpc) is 3.00. The minimum absolute atomic E-state index is 0.248. The maximum atomic E-state index is 13.5. The summed E-state index contributed by atoms with van der Waals surface area (Å²) in [6.07, 6.45) is 0. The number of amides is 2. The van der Waals surface area contributed by atoms with Crippen molar-refractivity contribution in [1.82, 2.24) is 0 Å². The molecule has 3 aromatic carbocycles. The van der Waals surface area contributed by atoms with Crippen LogP contribution in [0.3, 0.4) is 0 Å². The molecular weight excluding hydrogens is 410 g/mol. The molecule has 0 unspecified atom stereocenters. The van der Waals surface area contributed by atoms with Gasteiger partial charge in [-0.25, -0.2) is 4.90 Å². The summed E-state index contributed by atoms with van der Waals surface area (Å²) in [5.74, 6) is -0.767. The van der Waals surface area contributed by atoms with E-state index in [2.05, 4.69) is 5.32 Å². The molecule has 0 fully saturated rings. The predicted octanol–water partition coefficient (Wildman–Crippen LogP) is 5.11. The van der Waals surface area contributed by atoms with Crippen molar-refractivity contribution in [2.45, 2.75) is 6.92 Å². The van der Waals surface area contributed by atoms with Crippen molar-refractivity contribution in [3.05, 3.63) is 94.6 Å². The topological polar surface area (TPSA) is 52.7 Å². The van der Waals surface area contributed by atoms with Crippen molar-refractivity contribution in [3.8, 4) is 0 Å². The van der Waals surface area contributed by atoms with Crippen LogP contribution in [0, 0.1) is 6.92 Å². The van der Waals surface area contributed by atoms with Gasteiger partial charge in [-0.15, -0.1) is 0 Å². The summed E-state index contributed by atoms with van der Waals surface area (Å²) >= 11 is 6.04. The van der Waals surface area contributed by atoms with Crippen molar-refractivity contribution in [2.24, 2.45) is 0 Å². The number of nitrogens with one attached hydrogen (secondary N) is 1. The highest BCUT2D eigenvalue weighted by molar-refractivity contribution is 6.46. The zero-order valence-electron chi connectivity index (χ0n) is 17.5. The van der Waals surface area contributed by atoms with Crippen LogP contribution in [0.25, 0.3) is 5.57 Å². The molecule has 0 bridgehead atoms. The van der Waals surface area contributed by atoms with Crippen LogP contribution in [0.15, 0.2) is 78.5 Å². The molecule has 1 aliphatic rings. The van der Waals surface area contributed by atoms with Gasteiger partial charge in [0.1, 0.15) is 5.70 Å². The first-order chi connectivity index (χ1) is 14.9. The molecule has 1 N–H and O–H groups in total. The number of hydrogen-bond acceptors (Lipinski definition) is 4. The third kappa shape index (κ3) is 3.92. The van der Waals surface area contributed by atoms with Gasteiger partial charge in [0.15, 0.2) is 0 Å². The maximum Gasteiger partial charge on any atom is 0.282 e. The Morgan fingerprint density at radius 1 is 0.839 bits per heavy atom. The van der Waals surface area contributed by atoms with E-state index in [9.17, 15) is 9.59 Å². The average molecular weight is 432 g/mol. The monoisotopic (exact) mass is 431 g/mol. The molecule has 5 nitrogen and oxygen atoms in total. The van der Waals surface area contributed by atoms with E-state index < -0.39 is 5.91 Å². The number of carbonyl (C=O) groups excluding carboxylic acids is 2. The number of hydrogen-bond donors (Lipinski definition) is 1. The second-order valence-electron chi connectivity index (χ2n) is 7.55. The molecule has 2 amide bonds. The standard InChI is InChI=1S/C25H22ClN3O2/c1-16-6-4-5-7-21(16)27-23-22(17-8-10-18(26)11-9-17)24(30)29(25(23)31)20-14-12-19(13-15-20)28(2)3/h4-15,27H,1-3H3. The number of aryl methyl sites for hydroxylation is 1. The van der Waals surface area contributed by atoms with Crippen molar-refractivity contribution in [1.29, 1.82) is 0 Å². The van der Waals surface area contributed by atoms with E-state index in [1.54, 1.807) is 36.4 Å². The molecular formula is C25H22ClN3O2. The molecule has 0 spiro atoms. The Labute approximate surface area is 186 Å². The molecule has 3 aromatic rings. The molecule has 0 saturated carbocycles. The number of carbonyl (C=O) groups is 2.